The average Bonchev–Trinajstić information content (AvgIpc) is 2.86. The molecule has 0 aliphatic rings. The number of anilines is 1. The molecule has 1 aromatic carbocycles. The van der Waals surface area contributed by atoms with E-state index in [1.54, 1.807) is 13.0 Å². The van der Waals surface area contributed by atoms with Gasteiger partial charge in [0, 0.05) is 0 Å². The molecule has 0 unspecified atom stereocenters. The van der Waals surface area contributed by atoms with Crippen LogP contribution in [0.1, 0.15) is 26.5 Å². The topological polar surface area (TPSA) is 68.5 Å². The van der Waals surface area contributed by atoms with Crippen molar-refractivity contribution in [3.8, 4) is 0 Å². The third-order valence-corrected chi connectivity index (χ3v) is 3.07. The first-order chi connectivity index (χ1) is 9.52. The summed E-state index contributed by atoms with van der Waals surface area (Å²) in [4.78, 5) is 23.5. The minimum atomic E-state index is -0.503. The maximum atomic E-state index is 12.1. The molecule has 0 bridgehead atoms. The number of furan rings is 1. The third kappa shape index (κ3) is 2.83. The van der Waals surface area contributed by atoms with E-state index < -0.39 is 5.97 Å². The molecule has 0 atom stereocenters. The highest BCUT2D eigenvalue weighted by atomic mass is 35.5. The van der Waals surface area contributed by atoms with E-state index in [2.05, 4.69) is 10.1 Å². The van der Waals surface area contributed by atoms with Crippen molar-refractivity contribution in [1.82, 2.24) is 0 Å². The van der Waals surface area contributed by atoms with Crippen molar-refractivity contribution < 1.29 is 18.7 Å². The molecule has 0 radical (unpaired) electrons. The van der Waals surface area contributed by atoms with E-state index in [0.717, 1.165) is 0 Å². The molecule has 0 fully saturated rings. The van der Waals surface area contributed by atoms with Crippen LogP contribution in [0.25, 0.3) is 0 Å². The van der Waals surface area contributed by atoms with Gasteiger partial charge in [-0.25, -0.2) is 4.79 Å². The summed E-state index contributed by atoms with van der Waals surface area (Å²) in [6.45, 7) is 1.68. The van der Waals surface area contributed by atoms with Crippen LogP contribution < -0.4 is 5.32 Å². The number of esters is 1. The maximum absolute atomic E-state index is 12.1. The summed E-state index contributed by atoms with van der Waals surface area (Å²) in [5.74, 6) is -0.362. The number of aryl methyl sites for hydroxylation is 1. The van der Waals surface area contributed by atoms with E-state index >= 15 is 0 Å². The van der Waals surface area contributed by atoms with Crippen molar-refractivity contribution in [2.24, 2.45) is 0 Å². The maximum Gasteiger partial charge on any atom is 0.337 e. The van der Waals surface area contributed by atoms with Gasteiger partial charge in [-0.2, -0.15) is 0 Å². The molecule has 0 aliphatic heterocycles. The largest absolute Gasteiger partial charge is 0.469 e. The molecule has 1 N–H and O–H groups in total. The van der Waals surface area contributed by atoms with Gasteiger partial charge in [-0.1, -0.05) is 11.6 Å². The summed E-state index contributed by atoms with van der Waals surface area (Å²) in [6.07, 6.45) is 1.43. The molecule has 2 rings (SSSR count). The summed E-state index contributed by atoms with van der Waals surface area (Å²) >= 11 is 6.00. The molecule has 2 aromatic rings. The zero-order valence-electron chi connectivity index (χ0n) is 10.9. The van der Waals surface area contributed by atoms with Crippen LogP contribution in [-0.2, 0) is 4.74 Å². The summed E-state index contributed by atoms with van der Waals surface area (Å²) in [7, 11) is 1.28. The van der Waals surface area contributed by atoms with Gasteiger partial charge in [-0.15, -0.1) is 0 Å². The number of nitrogens with one attached hydrogen (secondary N) is 1. The van der Waals surface area contributed by atoms with Crippen LogP contribution in [0.15, 0.2) is 34.9 Å². The first-order valence-corrected chi connectivity index (χ1v) is 6.14. The van der Waals surface area contributed by atoms with Crippen LogP contribution in [0.4, 0.5) is 5.69 Å². The van der Waals surface area contributed by atoms with Crippen LogP contribution in [0.3, 0.4) is 0 Å². The van der Waals surface area contributed by atoms with E-state index in [1.165, 1.54) is 31.6 Å². The van der Waals surface area contributed by atoms with Crippen molar-refractivity contribution in [2.75, 3.05) is 12.4 Å². The predicted molar refractivity (Wildman–Crippen MR) is 74.2 cm³/mol. The number of rotatable bonds is 3. The number of hydrogen-bond acceptors (Lipinski definition) is 4. The van der Waals surface area contributed by atoms with Crippen molar-refractivity contribution in [2.45, 2.75) is 6.92 Å². The number of ether oxygens (including phenoxy) is 1. The molecule has 0 aliphatic carbocycles. The fourth-order valence-corrected chi connectivity index (χ4v) is 1.84. The van der Waals surface area contributed by atoms with Crippen LogP contribution >= 0.6 is 11.6 Å². The minimum absolute atomic E-state index is 0.302. The van der Waals surface area contributed by atoms with Crippen molar-refractivity contribution in [3.63, 3.8) is 0 Å². The highest BCUT2D eigenvalue weighted by Gasteiger charge is 2.15. The van der Waals surface area contributed by atoms with Gasteiger partial charge in [0.25, 0.3) is 5.91 Å². The van der Waals surface area contributed by atoms with Gasteiger partial charge >= 0.3 is 5.97 Å². The first-order valence-electron chi connectivity index (χ1n) is 5.76. The van der Waals surface area contributed by atoms with Crippen LogP contribution in [0.5, 0.6) is 0 Å². The minimum Gasteiger partial charge on any atom is -0.469 e. The van der Waals surface area contributed by atoms with Gasteiger partial charge in [0.15, 0.2) is 0 Å². The predicted octanol–water partition coefficient (Wildman–Crippen LogP) is 3.28. The second-order valence-electron chi connectivity index (χ2n) is 4.03. The summed E-state index contributed by atoms with van der Waals surface area (Å²) < 4.78 is 9.68. The SMILES string of the molecule is COC(=O)c1ccc(Cl)c(NC(=O)c2ccoc2C)c1. The van der Waals surface area contributed by atoms with Gasteiger partial charge in [-0.3, -0.25) is 4.79 Å². The number of carbonyl (C=O) groups excluding carboxylic acids is 2. The lowest BCUT2D eigenvalue weighted by atomic mass is 10.2. The quantitative estimate of drug-likeness (QED) is 0.882. The van der Waals surface area contributed by atoms with Gasteiger partial charge in [0.2, 0.25) is 0 Å². The van der Waals surface area contributed by atoms with Crippen molar-refractivity contribution in [3.05, 3.63) is 52.4 Å². The molecule has 0 saturated carbocycles. The normalized spacial score (nSPS) is 10.2. The Balaban J connectivity index is 2.27. The Morgan fingerprint density at radius 2 is 2.05 bits per heavy atom. The van der Waals surface area contributed by atoms with E-state index in [4.69, 9.17) is 16.0 Å². The molecule has 1 amide bonds. The summed E-state index contributed by atoms with van der Waals surface area (Å²) in [5, 5.41) is 2.96. The number of hydrogen-bond donors (Lipinski definition) is 1. The zero-order valence-corrected chi connectivity index (χ0v) is 11.7. The molecule has 104 valence electrons. The van der Waals surface area contributed by atoms with E-state index in [9.17, 15) is 9.59 Å². The molecule has 0 saturated heterocycles. The van der Waals surface area contributed by atoms with Gasteiger partial charge in [0.1, 0.15) is 5.76 Å². The number of halogens is 1. The van der Waals surface area contributed by atoms with Crippen LogP contribution in [0.2, 0.25) is 5.02 Å². The molecular weight excluding hydrogens is 282 g/mol. The lowest BCUT2D eigenvalue weighted by molar-refractivity contribution is 0.0600. The second kappa shape index (κ2) is 5.79. The number of amides is 1. The molecule has 6 heteroatoms. The van der Waals surface area contributed by atoms with Gasteiger partial charge in [0.05, 0.1) is 35.2 Å². The second-order valence-corrected chi connectivity index (χ2v) is 4.44. The summed E-state index contributed by atoms with van der Waals surface area (Å²) in [6, 6.07) is 6.06. The van der Waals surface area contributed by atoms with Gasteiger partial charge in [-0.05, 0) is 31.2 Å². The smallest absolute Gasteiger partial charge is 0.337 e. The lowest BCUT2D eigenvalue weighted by Crippen LogP contribution is -2.13. The number of carbonyl (C=O) groups is 2. The van der Waals surface area contributed by atoms with Crippen LogP contribution in [-0.4, -0.2) is 19.0 Å². The Labute approximate surface area is 120 Å². The lowest BCUT2D eigenvalue weighted by Gasteiger charge is -2.08. The number of methoxy groups -OCH3 is 1. The highest BCUT2D eigenvalue weighted by Crippen LogP contribution is 2.24. The van der Waals surface area contributed by atoms with E-state index in [-0.39, 0.29) is 5.91 Å². The fraction of sp³-hybridized carbons (Fsp3) is 0.143. The Bertz CT molecular complexity index is 663. The van der Waals surface area contributed by atoms with Crippen molar-refractivity contribution >= 4 is 29.2 Å². The molecule has 1 heterocycles. The summed E-state index contributed by atoms with van der Waals surface area (Å²) in [5.41, 5.74) is 1.04. The molecule has 20 heavy (non-hydrogen) atoms. The Kier molecular flexibility index (Phi) is 4.10. The zero-order chi connectivity index (χ0) is 14.7. The Hall–Kier alpha value is -2.27. The number of benzene rings is 1. The molecule has 1 aromatic heterocycles. The average molecular weight is 294 g/mol. The third-order valence-electron chi connectivity index (χ3n) is 2.74. The first kappa shape index (κ1) is 14.1. The Morgan fingerprint density at radius 3 is 2.65 bits per heavy atom. The fourth-order valence-electron chi connectivity index (χ4n) is 1.68. The Morgan fingerprint density at radius 1 is 1.30 bits per heavy atom. The molecule has 5 nitrogen and oxygen atoms in total. The molecule has 0 spiro atoms. The van der Waals surface area contributed by atoms with Crippen molar-refractivity contribution in [1.29, 1.82) is 0 Å². The highest BCUT2D eigenvalue weighted by molar-refractivity contribution is 6.34. The van der Waals surface area contributed by atoms with E-state index in [1.807, 2.05) is 0 Å². The van der Waals surface area contributed by atoms with E-state index in [0.29, 0.717) is 27.6 Å². The standard InChI is InChI=1S/C14H12ClNO4/c1-8-10(5-6-20-8)13(17)16-12-7-9(14(18)19-2)3-4-11(12)15/h3-7H,1-2H3,(H,16,17). The van der Waals surface area contributed by atoms with Gasteiger partial charge < -0.3 is 14.5 Å². The van der Waals surface area contributed by atoms with Crippen LogP contribution in [0, 0.1) is 6.92 Å². The monoisotopic (exact) mass is 293 g/mol. The molecular formula is C14H12ClNO4.